The molecule has 0 radical (unpaired) electrons. The van der Waals surface area contributed by atoms with E-state index in [1.807, 2.05) is 35.1 Å². The predicted molar refractivity (Wildman–Crippen MR) is 174 cm³/mol. The molecule has 5 aromatic rings. The third-order valence-electron chi connectivity index (χ3n) is 7.40. The van der Waals surface area contributed by atoms with Gasteiger partial charge in [0.05, 0.1) is 28.4 Å². The zero-order valence-corrected chi connectivity index (χ0v) is 27.4. The van der Waals surface area contributed by atoms with Crippen LogP contribution < -0.4 is 9.44 Å². The first kappa shape index (κ1) is 35.5. The van der Waals surface area contributed by atoms with E-state index in [9.17, 15) is 34.8 Å². The van der Waals surface area contributed by atoms with Gasteiger partial charge in [-0.25, -0.2) is 31.3 Å². The maximum atomic E-state index is 13.6. The molecule has 4 aromatic carbocycles. The number of aliphatic carboxylic acids is 1. The van der Waals surface area contributed by atoms with Gasteiger partial charge in [0.15, 0.2) is 0 Å². The molecular formula is C32H26ClF3N4O7S2. The van der Waals surface area contributed by atoms with Gasteiger partial charge in [0, 0.05) is 5.02 Å². The number of fused-ring (bicyclic) bond motifs is 1. The molecule has 1 amide bonds. The number of alkyl halides is 3. The first-order valence-electron chi connectivity index (χ1n) is 14.3. The highest BCUT2D eigenvalue weighted by Crippen LogP contribution is 2.31. The van der Waals surface area contributed by atoms with Crippen molar-refractivity contribution < 1.29 is 44.7 Å². The molecule has 49 heavy (non-hydrogen) atoms. The van der Waals surface area contributed by atoms with Crippen molar-refractivity contribution in [3.63, 3.8) is 0 Å². The van der Waals surface area contributed by atoms with Crippen LogP contribution in [0.15, 0.2) is 102 Å². The average molecular weight is 735 g/mol. The lowest BCUT2D eigenvalue weighted by molar-refractivity contribution is -0.192. The van der Waals surface area contributed by atoms with Crippen LogP contribution in [0, 0.1) is 0 Å². The van der Waals surface area contributed by atoms with E-state index < -0.39 is 49.4 Å². The quantitative estimate of drug-likeness (QED) is 0.158. The smallest absolute Gasteiger partial charge is 0.475 e. The number of rotatable bonds is 8. The minimum Gasteiger partial charge on any atom is -0.475 e. The summed E-state index contributed by atoms with van der Waals surface area (Å²) in [7, 11) is -7.76. The van der Waals surface area contributed by atoms with E-state index in [0.29, 0.717) is 27.4 Å². The maximum absolute atomic E-state index is 13.6. The van der Waals surface area contributed by atoms with Crippen LogP contribution in [0.1, 0.15) is 34.7 Å². The van der Waals surface area contributed by atoms with Gasteiger partial charge in [0.25, 0.3) is 0 Å². The Morgan fingerprint density at radius 2 is 1.59 bits per heavy atom. The molecule has 6 rings (SSSR count). The zero-order valence-electron chi connectivity index (χ0n) is 25.0. The number of benzene rings is 4. The highest BCUT2D eigenvalue weighted by atomic mass is 35.5. The van der Waals surface area contributed by atoms with E-state index in [1.165, 1.54) is 0 Å². The first-order chi connectivity index (χ1) is 23.0. The largest absolute Gasteiger partial charge is 0.490 e. The monoisotopic (exact) mass is 734 g/mol. The number of halogens is 4. The fourth-order valence-corrected chi connectivity index (χ4v) is 7.83. The molecule has 4 N–H and O–H groups in total. The number of aromatic amines is 1. The molecule has 17 heteroatoms. The highest BCUT2D eigenvalue weighted by molar-refractivity contribution is 7.90. The standard InChI is InChI=1S/C30H25ClN4O5S2.C2HF3O2/c31-23-12-15-25-26(17-23)33-30(32-25)27(16-19-6-8-22(9-7-19)28-18-29(36)35-42(28,39)40)34-41(37,38)24-13-10-21(11-14-24)20-4-2-1-3-5-20;3-2(4,5)1(6)7/h1-15,17,27-28,34H,16,18H2,(H,32,33)(H,35,36);(H,6,7)/t27-,28?;/m0./s1. The number of hydrogen-bond donors (Lipinski definition) is 4. The van der Waals surface area contributed by atoms with E-state index in [4.69, 9.17) is 21.5 Å². The summed E-state index contributed by atoms with van der Waals surface area (Å²) in [5.41, 5.74) is 4.37. The zero-order chi connectivity index (χ0) is 35.6. The third kappa shape index (κ3) is 8.64. The number of aromatic nitrogens is 2. The maximum Gasteiger partial charge on any atom is 0.490 e. The molecule has 0 saturated carbocycles. The lowest BCUT2D eigenvalue weighted by Gasteiger charge is -2.18. The summed E-state index contributed by atoms with van der Waals surface area (Å²) in [6.07, 6.45) is -5.02. The number of carboxylic acid groups (broad SMARTS) is 1. The summed E-state index contributed by atoms with van der Waals surface area (Å²) in [6, 6.07) is 27.4. The number of nitrogens with zero attached hydrogens (tertiary/aromatic N) is 1. The number of H-pyrrole nitrogens is 1. The van der Waals surface area contributed by atoms with Crippen molar-refractivity contribution >= 4 is 54.6 Å². The van der Waals surface area contributed by atoms with Crippen molar-refractivity contribution in [2.24, 2.45) is 0 Å². The van der Waals surface area contributed by atoms with Gasteiger partial charge in [0.2, 0.25) is 26.0 Å². The molecule has 2 atom stereocenters. The Kier molecular flexibility index (Phi) is 10.1. The Morgan fingerprint density at radius 1 is 0.980 bits per heavy atom. The minimum atomic E-state index is -5.08. The molecule has 2 heterocycles. The Balaban J connectivity index is 0.000000606. The fourth-order valence-electron chi connectivity index (χ4n) is 5.02. The average Bonchev–Trinajstić information content (AvgIpc) is 3.59. The van der Waals surface area contributed by atoms with Gasteiger partial charge in [-0.3, -0.25) is 9.52 Å². The number of carbonyl (C=O) groups is 2. The van der Waals surface area contributed by atoms with Crippen LogP contribution in [0.3, 0.4) is 0 Å². The molecule has 0 aliphatic carbocycles. The molecule has 1 aliphatic rings. The summed E-state index contributed by atoms with van der Waals surface area (Å²) in [6.45, 7) is 0. The van der Waals surface area contributed by atoms with Crippen LogP contribution in [0.25, 0.3) is 22.2 Å². The van der Waals surface area contributed by atoms with Crippen molar-refractivity contribution in [3.8, 4) is 11.1 Å². The van der Waals surface area contributed by atoms with Crippen LogP contribution in [0.4, 0.5) is 13.2 Å². The van der Waals surface area contributed by atoms with Gasteiger partial charge in [-0.2, -0.15) is 13.2 Å². The van der Waals surface area contributed by atoms with Gasteiger partial charge in [0.1, 0.15) is 11.1 Å². The van der Waals surface area contributed by atoms with Crippen molar-refractivity contribution in [1.29, 1.82) is 0 Å². The number of carbonyl (C=O) groups excluding carboxylic acids is 1. The lowest BCUT2D eigenvalue weighted by Crippen LogP contribution is -2.31. The fraction of sp³-hybridized carbons (Fsp3) is 0.156. The van der Waals surface area contributed by atoms with Crippen molar-refractivity contribution in [3.05, 3.63) is 119 Å². The number of sulfonamides is 2. The minimum absolute atomic E-state index is 0.102. The van der Waals surface area contributed by atoms with Crippen LogP contribution in [0.2, 0.25) is 5.02 Å². The van der Waals surface area contributed by atoms with Crippen molar-refractivity contribution in [1.82, 2.24) is 19.4 Å². The summed E-state index contributed by atoms with van der Waals surface area (Å²) in [5, 5.41) is 6.67. The van der Waals surface area contributed by atoms with Crippen LogP contribution in [-0.2, 0) is 36.1 Å². The number of hydrogen-bond acceptors (Lipinski definition) is 7. The Labute approximate surface area is 283 Å². The molecular weight excluding hydrogens is 709 g/mol. The SMILES string of the molecule is O=C(O)C(F)(F)F.O=C1CC(c2ccc(C[C@H](NS(=O)(=O)c3ccc(-c4ccccc4)cc3)c3nc4ccc(Cl)cc4[nH]3)cc2)S(=O)(=O)N1. The van der Waals surface area contributed by atoms with Crippen LogP contribution in [0.5, 0.6) is 0 Å². The third-order valence-corrected chi connectivity index (χ3v) is 10.8. The summed E-state index contributed by atoms with van der Waals surface area (Å²) in [4.78, 5) is 28.5. The summed E-state index contributed by atoms with van der Waals surface area (Å²) < 4.78 is 88.3. The number of nitrogens with one attached hydrogen (secondary N) is 3. The molecule has 1 aliphatic heterocycles. The molecule has 0 bridgehead atoms. The van der Waals surface area contributed by atoms with Gasteiger partial charge >= 0.3 is 12.1 Å². The Bertz CT molecular complexity index is 2210. The summed E-state index contributed by atoms with van der Waals surface area (Å²) >= 11 is 6.15. The first-order valence-corrected chi connectivity index (χ1v) is 17.7. The molecule has 1 aromatic heterocycles. The van der Waals surface area contributed by atoms with Crippen LogP contribution in [-0.4, -0.2) is 50.0 Å². The van der Waals surface area contributed by atoms with E-state index in [1.54, 1.807) is 66.7 Å². The summed E-state index contributed by atoms with van der Waals surface area (Å²) in [5.74, 6) is -2.90. The second-order valence-electron chi connectivity index (χ2n) is 10.9. The van der Waals surface area contributed by atoms with E-state index >= 15 is 0 Å². The molecule has 1 fully saturated rings. The number of amides is 1. The second-order valence-corrected chi connectivity index (χ2v) is 14.9. The van der Waals surface area contributed by atoms with E-state index in [-0.39, 0.29) is 17.7 Å². The molecule has 256 valence electrons. The number of carboxylic acids is 1. The van der Waals surface area contributed by atoms with E-state index in [2.05, 4.69) is 14.7 Å². The van der Waals surface area contributed by atoms with Crippen molar-refractivity contribution in [2.45, 2.75) is 35.2 Å². The number of imidazole rings is 1. The van der Waals surface area contributed by atoms with Gasteiger partial charge in [-0.05, 0) is 59.0 Å². The van der Waals surface area contributed by atoms with Crippen LogP contribution >= 0.6 is 11.6 Å². The van der Waals surface area contributed by atoms with E-state index in [0.717, 1.165) is 16.7 Å². The predicted octanol–water partition coefficient (Wildman–Crippen LogP) is 5.67. The van der Waals surface area contributed by atoms with Gasteiger partial charge in [-0.15, -0.1) is 0 Å². The molecule has 1 saturated heterocycles. The molecule has 0 spiro atoms. The Morgan fingerprint density at radius 3 is 2.16 bits per heavy atom. The highest BCUT2D eigenvalue weighted by Gasteiger charge is 2.39. The van der Waals surface area contributed by atoms with Crippen molar-refractivity contribution in [2.75, 3.05) is 0 Å². The van der Waals surface area contributed by atoms with Gasteiger partial charge < -0.3 is 10.1 Å². The second kappa shape index (κ2) is 14.0. The Hall–Kier alpha value is -4.77. The lowest BCUT2D eigenvalue weighted by atomic mass is 10.0. The normalized spacial score (nSPS) is 16.4. The topological polar surface area (TPSA) is 175 Å². The van der Waals surface area contributed by atoms with Gasteiger partial charge in [-0.1, -0.05) is 78.3 Å². The molecule has 1 unspecified atom stereocenters. The molecule has 11 nitrogen and oxygen atoms in total.